The van der Waals surface area contributed by atoms with Crippen molar-refractivity contribution in [3.63, 3.8) is 0 Å². The Hall–Kier alpha value is -6.96. The zero-order chi connectivity index (χ0) is 36.5. The number of nitrogens with zero attached hydrogens (tertiary/aromatic N) is 1. The van der Waals surface area contributed by atoms with Crippen molar-refractivity contribution in [2.45, 2.75) is 10.8 Å². The van der Waals surface area contributed by atoms with Gasteiger partial charge in [-0.25, -0.2) is 0 Å². The summed E-state index contributed by atoms with van der Waals surface area (Å²) in [6.07, 6.45) is 1.84. The van der Waals surface area contributed by atoms with Crippen LogP contribution >= 0.6 is 0 Å². The molecule has 12 rings (SSSR count). The van der Waals surface area contributed by atoms with Gasteiger partial charge in [-0.3, -0.25) is 0 Å². The van der Waals surface area contributed by atoms with E-state index in [9.17, 15) is 0 Å². The summed E-state index contributed by atoms with van der Waals surface area (Å²) >= 11 is 0. The zero-order valence-corrected chi connectivity index (χ0v) is 30.3. The summed E-state index contributed by atoms with van der Waals surface area (Å²) < 4.78 is 2.47. The number of aromatic nitrogens is 1. The molecule has 0 radical (unpaired) electrons. The summed E-state index contributed by atoms with van der Waals surface area (Å²) in [7, 11) is 0. The Bertz CT molecular complexity index is 3060. The molecule has 3 aliphatic carbocycles. The second-order valence-electron chi connectivity index (χ2n) is 15.3. The van der Waals surface area contributed by atoms with Crippen LogP contribution in [0, 0.1) is 0 Å². The third-order valence-corrected chi connectivity index (χ3v) is 13.0. The fourth-order valence-electron chi connectivity index (χ4n) is 10.9. The highest BCUT2D eigenvalue weighted by atomic mass is 15.0. The Morgan fingerprint density at radius 3 is 1.38 bits per heavy atom. The first-order valence-electron chi connectivity index (χ1n) is 19.2. The normalized spacial score (nSPS) is 14.6. The molecule has 8 aromatic carbocycles. The van der Waals surface area contributed by atoms with Crippen molar-refractivity contribution in [3.05, 3.63) is 251 Å². The van der Waals surface area contributed by atoms with Crippen LogP contribution in [0.25, 0.3) is 55.3 Å². The van der Waals surface area contributed by atoms with E-state index in [2.05, 4.69) is 200 Å². The van der Waals surface area contributed by atoms with Gasteiger partial charge in [0, 0.05) is 16.5 Å². The SMILES string of the molecule is C=CC(=C)c1cccc(-n2c3ccccc3c3cc4c(cc32)C2(c3ccccc3-c3ccccc32)c2ccccc2C42c3ccccc3-c3ccccc32)c1. The number of fused-ring (bicyclic) bond motifs is 19. The Morgan fingerprint density at radius 1 is 0.400 bits per heavy atom. The van der Waals surface area contributed by atoms with Crippen LogP contribution in [0.1, 0.15) is 50.1 Å². The Morgan fingerprint density at radius 2 is 0.855 bits per heavy atom. The first-order valence-corrected chi connectivity index (χ1v) is 19.2. The summed E-state index contributed by atoms with van der Waals surface area (Å²) in [6.45, 7) is 8.34. The van der Waals surface area contributed by atoms with Crippen LogP contribution in [0.15, 0.2) is 201 Å². The van der Waals surface area contributed by atoms with Gasteiger partial charge in [-0.2, -0.15) is 0 Å². The van der Waals surface area contributed by atoms with Gasteiger partial charge < -0.3 is 4.57 Å². The Labute approximate surface area is 320 Å². The average molecular weight is 698 g/mol. The second kappa shape index (κ2) is 10.8. The van der Waals surface area contributed by atoms with Crippen LogP contribution in [0.2, 0.25) is 0 Å². The van der Waals surface area contributed by atoms with Gasteiger partial charge in [-0.05, 0) is 108 Å². The number of hydrogen-bond donors (Lipinski definition) is 0. The fraction of sp³-hybridized carbons (Fsp3) is 0.0370. The van der Waals surface area contributed by atoms with Crippen molar-refractivity contribution in [1.29, 1.82) is 0 Å². The van der Waals surface area contributed by atoms with E-state index in [0.717, 1.165) is 16.8 Å². The predicted octanol–water partition coefficient (Wildman–Crippen LogP) is 13.0. The number of hydrogen-bond acceptors (Lipinski definition) is 0. The lowest BCUT2D eigenvalue weighted by Crippen LogP contribution is -2.43. The van der Waals surface area contributed by atoms with Gasteiger partial charge in [0.15, 0.2) is 0 Å². The van der Waals surface area contributed by atoms with E-state index >= 15 is 0 Å². The molecule has 0 bridgehead atoms. The molecule has 0 aliphatic heterocycles. The summed E-state index contributed by atoms with van der Waals surface area (Å²) in [5, 5.41) is 2.49. The molecule has 55 heavy (non-hydrogen) atoms. The third kappa shape index (κ3) is 3.59. The van der Waals surface area contributed by atoms with Crippen molar-refractivity contribution in [3.8, 4) is 27.9 Å². The maximum atomic E-state index is 4.31. The molecule has 9 aromatic rings. The van der Waals surface area contributed by atoms with Crippen LogP contribution in [0.5, 0.6) is 0 Å². The smallest absolute Gasteiger partial charge is 0.0720 e. The van der Waals surface area contributed by atoms with Crippen molar-refractivity contribution in [1.82, 2.24) is 4.57 Å². The minimum atomic E-state index is -0.550. The molecule has 0 unspecified atom stereocenters. The van der Waals surface area contributed by atoms with Crippen molar-refractivity contribution in [2.24, 2.45) is 0 Å². The van der Waals surface area contributed by atoms with Gasteiger partial charge in [0.1, 0.15) is 0 Å². The lowest BCUT2D eigenvalue weighted by molar-refractivity contribution is 0.634. The molecule has 0 amide bonds. The van der Waals surface area contributed by atoms with E-state index in [-0.39, 0.29) is 0 Å². The highest BCUT2D eigenvalue weighted by Crippen LogP contribution is 2.67. The Kier molecular flexibility index (Phi) is 5.99. The predicted molar refractivity (Wildman–Crippen MR) is 228 cm³/mol. The van der Waals surface area contributed by atoms with Gasteiger partial charge in [-0.1, -0.05) is 171 Å². The number of allylic oxidation sites excluding steroid dienone is 2. The molecule has 3 aliphatic rings. The van der Waals surface area contributed by atoms with E-state index in [0.29, 0.717) is 0 Å². The standard InChI is InChI=1S/C54H35N/c1-3-34(2)35-17-16-18-36(31-35)55-51-30-15-8-23-41(51)42-32-49-50(33-52(42)55)54(45-26-11-6-21-39(45)40-22-7-12-27-46(40)54)48-29-14-13-28-47(48)53(49)43-24-9-4-19-37(43)38-20-5-10-25-44(38)53/h3-33H,1-2H2. The summed E-state index contributed by atoms with van der Waals surface area (Å²) in [5.41, 5.74) is 20.3. The third-order valence-electron chi connectivity index (χ3n) is 13.0. The van der Waals surface area contributed by atoms with Crippen molar-refractivity contribution in [2.75, 3.05) is 0 Å². The van der Waals surface area contributed by atoms with E-state index in [1.807, 2.05) is 6.08 Å². The molecule has 1 nitrogen and oxygen atoms in total. The maximum absolute atomic E-state index is 4.31. The fourth-order valence-corrected chi connectivity index (χ4v) is 10.9. The molecule has 0 atom stereocenters. The quantitative estimate of drug-likeness (QED) is 0.162. The lowest BCUT2D eigenvalue weighted by Gasteiger charge is -2.49. The van der Waals surface area contributed by atoms with Gasteiger partial charge in [0.2, 0.25) is 0 Å². The lowest BCUT2D eigenvalue weighted by atomic mass is 9.52. The first-order chi connectivity index (χ1) is 27.2. The van der Waals surface area contributed by atoms with E-state index in [1.165, 1.54) is 88.6 Å². The second-order valence-corrected chi connectivity index (χ2v) is 15.3. The van der Waals surface area contributed by atoms with Crippen molar-refractivity contribution >= 4 is 27.4 Å². The Balaban J connectivity index is 1.33. The van der Waals surface area contributed by atoms with E-state index in [4.69, 9.17) is 0 Å². The van der Waals surface area contributed by atoms with Gasteiger partial charge in [0.05, 0.1) is 21.9 Å². The number of rotatable bonds is 3. The van der Waals surface area contributed by atoms with E-state index < -0.39 is 10.8 Å². The number of benzene rings is 8. The zero-order valence-electron chi connectivity index (χ0n) is 30.3. The highest BCUT2D eigenvalue weighted by molar-refractivity contribution is 6.11. The summed E-state index contributed by atoms with van der Waals surface area (Å²) in [4.78, 5) is 0. The van der Waals surface area contributed by atoms with Crippen molar-refractivity contribution < 1.29 is 0 Å². The number of para-hydroxylation sites is 1. The molecule has 0 fully saturated rings. The average Bonchev–Trinajstić information content (AvgIpc) is 3.85. The van der Waals surface area contributed by atoms with Gasteiger partial charge in [-0.15, -0.1) is 0 Å². The minimum absolute atomic E-state index is 0.532. The van der Waals surface area contributed by atoms with Crippen LogP contribution in [-0.4, -0.2) is 4.57 Å². The summed E-state index contributed by atoms with van der Waals surface area (Å²) in [6, 6.07) is 68.7. The first kappa shape index (κ1) is 30.5. The molecular formula is C54H35N. The molecular weight excluding hydrogens is 663 g/mol. The van der Waals surface area contributed by atoms with Crippen LogP contribution in [0.3, 0.4) is 0 Å². The molecule has 1 heteroatoms. The summed E-state index contributed by atoms with van der Waals surface area (Å²) in [5.74, 6) is 0. The molecule has 0 saturated heterocycles. The highest BCUT2D eigenvalue weighted by Gasteiger charge is 2.59. The van der Waals surface area contributed by atoms with Crippen LogP contribution < -0.4 is 0 Å². The molecule has 2 spiro atoms. The molecule has 1 heterocycles. The van der Waals surface area contributed by atoms with Gasteiger partial charge in [0.25, 0.3) is 0 Å². The minimum Gasteiger partial charge on any atom is -0.309 e. The molecule has 0 N–H and O–H groups in total. The van der Waals surface area contributed by atoms with Crippen LogP contribution in [0.4, 0.5) is 0 Å². The maximum Gasteiger partial charge on any atom is 0.0720 e. The molecule has 1 aromatic heterocycles. The topological polar surface area (TPSA) is 4.93 Å². The monoisotopic (exact) mass is 697 g/mol. The van der Waals surface area contributed by atoms with Gasteiger partial charge >= 0.3 is 0 Å². The van der Waals surface area contributed by atoms with Crippen LogP contribution in [-0.2, 0) is 10.8 Å². The molecule has 256 valence electrons. The largest absolute Gasteiger partial charge is 0.309 e. The van der Waals surface area contributed by atoms with E-state index in [1.54, 1.807) is 0 Å². The molecule has 0 saturated carbocycles.